The standard InChI is InChI=1S/C4H13NO7P2.4Na.2H2O/c5-3-1-2-4(6,13(7,8)9)14(10,11)12;;;;;;/h6H,1-3,5H2,(H2,7,8,9)(H2,10,11,12);;;;;2*1H2/q;4*+1;;/p-4. The van der Waals surface area contributed by atoms with Crippen LogP contribution in [0.25, 0.3) is 0 Å². The smallest absolute Gasteiger partial charge is 0.808 e. The molecule has 0 unspecified atom stereocenters. The summed E-state index contributed by atoms with van der Waals surface area (Å²) in [5.74, 6) is 0. The molecule has 0 aliphatic heterocycles. The molecule has 16 heteroatoms. The fourth-order valence-electron chi connectivity index (χ4n) is 0.763. The molecule has 0 atom stereocenters. The molecule has 0 heterocycles. The van der Waals surface area contributed by atoms with Gasteiger partial charge in [-0.15, -0.1) is 0 Å². The number of rotatable bonds is 5. The molecule has 0 saturated carbocycles. The van der Waals surface area contributed by atoms with Crippen LogP contribution in [-0.4, -0.2) is 27.7 Å². The Morgan fingerprint density at radius 3 is 1.30 bits per heavy atom. The van der Waals surface area contributed by atoms with Crippen molar-refractivity contribution in [3.63, 3.8) is 0 Å². The van der Waals surface area contributed by atoms with Crippen molar-refractivity contribution in [2.24, 2.45) is 5.73 Å². The third-order valence-electron chi connectivity index (χ3n) is 1.59. The molecule has 7 N–H and O–H groups in total. The Kier molecular flexibility index (Phi) is 39.5. The second-order valence-corrected chi connectivity index (χ2v) is 6.48. The first-order chi connectivity index (χ1) is 6.06. The van der Waals surface area contributed by atoms with Gasteiger partial charge < -0.3 is 50.5 Å². The third kappa shape index (κ3) is 13.4. The Morgan fingerprint density at radius 2 is 1.15 bits per heavy atom. The predicted molar refractivity (Wildman–Crippen MR) is 45.7 cm³/mol. The van der Waals surface area contributed by atoms with Gasteiger partial charge in [-0.05, 0) is 34.6 Å². The van der Waals surface area contributed by atoms with E-state index in [-0.39, 0.29) is 142 Å². The van der Waals surface area contributed by atoms with Gasteiger partial charge in [0.2, 0.25) is 0 Å². The first-order valence-electron chi connectivity index (χ1n) is 3.53. The Morgan fingerprint density at radius 1 is 0.900 bits per heavy atom. The van der Waals surface area contributed by atoms with Gasteiger partial charge in [-0.2, -0.15) is 0 Å². The topological polar surface area (TPSA) is 236 Å². The Bertz CT molecular complexity index is 274. The zero-order valence-corrected chi connectivity index (χ0v) is 21.8. The zero-order valence-electron chi connectivity index (χ0n) is 12.0. The summed E-state index contributed by atoms with van der Waals surface area (Å²) in [5, 5.41) is 5.22. The van der Waals surface area contributed by atoms with Gasteiger partial charge in [0.15, 0.2) is 0 Å². The molecule has 0 spiro atoms. The molecule has 0 aromatic rings. The molecule has 102 valence electrons. The van der Waals surface area contributed by atoms with Crippen molar-refractivity contribution in [1.82, 2.24) is 0 Å². The second-order valence-electron chi connectivity index (χ2n) is 2.66. The van der Waals surface area contributed by atoms with Gasteiger partial charge in [0, 0.05) is 0 Å². The minimum atomic E-state index is -5.93. The normalized spacial score (nSPS) is 10.1. The summed E-state index contributed by atoms with van der Waals surface area (Å²) in [5.41, 5.74) is 4.92. The molecule has 0 rings (SSSR count). The van der Waals surface area contributed by atoms with Crippen LogP contribution in [0, 0.1) is 0 Å². The summed E-state index contributed by atoms with van der Waals surface area (Å²) < 4.78 is 20.8. The van der Waals surface area contributed by atoms with Crippen molar-refractivity contribution in [2.75, 3.05) is 6.54 Å². The minimum absolute atomic E-state index is 0. The first kappa shape index (κ1) is 44.0. The molecule has 0 bridgehead atoms. The van der Waals surface area contributed by atoms with Gasteiger partial charge in [-0.1, -0.05) is 0 Å². The van der Waals surface area contributed by atoms with Gasteiger partial charge in [0.1, 0.15) is 5.08 Å². The fraction of sp³-hybridized carbons (Fsp3) is 1.00. The van der Waals surface area contributed by atoms with Crippen LogP contribution in [-0.2, 0) is 9.13 Å². The summed E-state index contributed by atoms with van der Waals surface area (Å²) in [7, 11) is -11.9. The third-order valence-corrected chi connectivity index (χ3v) is 5.26. The van der Waals surface area contributed by atoms with E-state index < -0.39 is 26.7 Å². The predicted octanol–water partition coefficient (Wildman–Crippen LogP) is -17.4. The van der Waals surface area contributed by atoms with Crippen molar-refractivity contribution in [3.05, 3.63) is 0 Å². The van der Waals surface area contributed by atoms with Crippen LogP contribution in [0.3, 0.4) is 0 Å². The molecule has 0 aliphatic carbocycles. The molecule has 0 fully saturated rings. The summed E-state index contributed by atoms with van der Waals surface area (Å²) >= 11 is 0. The van der Waals surface area contributed by atoms with E-state index in [1.54, 1.807) is 0 Å². The van der Waals surface area contributed by atoms with Crippen LogP contribution in [0.5, 0.6) is 0 Å². The average molecular weight is 373 g/mol. The van der Waals surface area contributed by atoms with Crippen LogP contribution >= 0.6 is 15.2 Å². The van der Waals surface area contributed by atoms with Crippen LogP contribution in [0.2, 0.25) is 0 Å². The van der Waals surface area contributed by atoms with Crippen LogP contribution in [0.15, 0.2) is 0 Å². The molecule has 0 amide bonds. The largest absolute Gasteiger partial charge is 1.00 e. The molecule has 20 heavy (non-hydrogen) atoms. The van der Waals surface area contributed by atoms with Crippen molar-refractivity contribution in [1.29, 1.82) is 0 Å². The molecule has 0 aromatic carbocycles. The molecule has 0 saturated heterocycles. The van der Waals surface area contributed by atoms with Gasteiger partial charge in [-0.25, -0.2) is 0 Å². The molecule has 0 radical (unpaired) electrons. The summed E-state index contributed by atoms with van der Waals surface area (Å²) in [6.45, 7) is -0.150. The molecular weight excluding hydrogens is 360 g/mol. The van der Waals surface area contributed by atoms with Crippen LogP contribution in [0.1, 0.15) is 12.8 Å². The van der Waals surface area contributed by atoms with E-state index in [2.05, 4.69) is 0 Å². The number of hydrogen-bond acceptors (Lipinski definition) is 8. The van der Waals surface area contributed by atoms with E-state index in [1.165, 1.54) is 0 Å². The van der Waals surface area contributed by atoms with E-state index in [4.69, 9.17) is 10.8 Å². The Hall–Kier alpha value is 4.14. The average Bonchev–Trinajstić information content (AvgIpc) is 1.95. The monoisotopic (exact) mass is 373 g/mol. The maximum absolute atomic E-state index is 10.4. The second kappa shape index (κ2) is 17.9. The van der Waals surface area contributed by atoms with E-state index >= 15 is 0 Å². The van der Waals surface area contributed by atoms with E-state index in [0.717, 1.165) is 0 Å². The van der Waals surface area contributed by atoms with Crippen molar-refractivity contribution >= 4 is 15.2 Å². The Labute approximate surface area is 205 Å². The minimum Gasteiger partial charge on any atom is -0.808 e. The van der Waals surface area contributed by atoms with Gasteiger partial charge in [-0.3, -0.25) is 0 Å². The summed E-state index contributed by atoms with van der Waals surface area (Å²) in [6, 6.07) is 0. The van der Waals surface area contributed by atoms with Crippen LogP contribution in [0.4, 0.5) is 0 Å². The Balaban J connectivity index is -0.0000000563. The van der Waals surface area contributed by atoms with E-state index in [9.17, 15) is 28.7 Å². The number of hydrogen-bond donors (Lipinski definition) is 2. The van der Waals surface area contributed by atoms with Gasteiger partial charge in [0.05, 0.1) is 0 Å². The number of nitrogens with two attached hydrogens (primary N) is 1. The maximum atomic E-state index is 10.4. The summed E-state index contributed by atoms with van der Waals surface area (Å²) in [6.07, 6.45) is -1.27. The summed E-state index contributed by atoms with van der Waals surface area (Å²) in [4.78, 5) is 41.7. The van der Waals surface area contributed by atoms with Crippen molar-refractivity contribution in [3.8, 4) is 0 Å². The molecular formula is C4H13NNa4O9P2. The van der Waals surface area contributed by atoms with Crippen molar-refractivity contribution < 1.29 is 163 Å². The maximum Gasteiger partial charge on any atom is 1.00 e. The first-order valence-corrected chi connectivity index (χ1v) is 6.61. The number of aliphatic hydroxyl groups is 1. The van der Waals surface area contributed by atoms with E-state index in [0.29, 0.717) is 0 Å². The molecule has 0 aromatic heterocycles. The SMILES string of the molecule is NCCCC(O)(P(=O)([O-])[O-])P(=O)([O-])[O-].O.O.[Na+].[Na+].[Na+].[Na+]. The van der Waals surface area contributed by atoms with E-state index in [1.807, 2.05) is 0 Å². The molecule has 10 nitrogen and oxygen atoms in total. The van der Waals surface area contributed by atoms with Gasteiger partial charge in [0.25, 0.3) is 0 Å². The fourth-order valence-corrected chi connectivity index (χ4v) is 2.83. The van der Waals surface area contributed by atoms with Gasteiger partial charge >= 0.3 is 118 Å². The van der Waals surface area contributed by atoms with Crippen LogP contribution < -0.4 is 144 Å². The van der Waals surface area contributed by atoms with Crippen molar-refractivity contribution in [2.45, 2.75) is 17.9 Å². The quantitative estimate of drug-likeness (QED) is 0.345. The zero-order chi connectivity index (χ0) is 11.6. The molecule has 0 aliphatic rings.